The molecule has 0 aromatic rings. The second kappa shape index (κ2) is 3.47. The molecule has 3 fully saturated rings. The third-order valence-corrected chi connectivity index (χ3v) is 9.37. The van der Waals surface area contributed by atoms with Gasteiger partial charge in [0.25, 0.3) is 0 Å². The average Bonchev–Trinajstić information content (AvgIpc) is 3.10. The molecule has 0 amide bonds. The van der Waals surface area contributed by atoms with Crippen LogP contribution < -0.4 is 0 Å². The molecular formula is C19H34O. The summed E-state index contributed by atoms with van der Waals surface area (Å²) in [7, 11) is 0. The molecule has 0 aliphatic heterocycles. The van der Waals surface area contributed by atoms with Gasteiger partial charge in [0.2, 0.25) is 0 Å². The van der Waals surface area contributed by atoms with Crippen LogP contribution in [-0.4, -0.2) is 11.2 Å². The van der Waals surface area contributed by atoms with Gasteiger partial charge in [-0.2, -0.15) is 0 Å². The van der Waals surface area contributed by atoms with E-state index < -0.39 is 0 Å². The van der Waals surface area contributed by atoms with E-state index in [1.54, 1.807) is 0 Å². The van der Waals surface area contributed by atoms with E-state index in [1.165, 1.54) is 19.3 Å². The van der Waals surface area contributed by atoms with Crippen LogP contribution in [-0.2, 0) is 0 Å². The summed E-state index contributed by atoms with van der Waals surface area (Å²) in [5.41, 5.74) is 1.75. The first-order chi connectivity index (χ1) is 8.84. The molecule has 3 rings (SSSR count). The highest BCUT2D eigenvalue weighted by atomic mass is 16.3. The van der Waals surface area contributed by atoms with Crippen LogP contribution in [0.15, 0.2) is 0 Å². The van der Waals surface area contributed by atoms with Crippen LogP contribution in [0.25, 0.3) is 0 Å². The third-order valence-electron chi connectivity index (χ3n) is 9.37. The number of rotatable bonds is 3. The molecule has 0 aromatic heterocycles. The summed E-state index contributed by atoms with van der Waals surface area (Å²) in [4.78, 5) is 0. The first-order valence-electron chi connectivity index (χ1n) is 8.53. The largest absolute Gasteiger partial charge is 0.393 e. The van der Waals surface area contributed by atoms with Gasteiger partial charge in [-0.3, -0.25) is 0 Å². The molecule has 0 aromatic carbocycles. The molecule has 3 aliphatic carbocycles. The zero-order valence-electron chi connectivity index (χ0n) is 14.8. The Hall–Kier alpha value is -0.0400. The van der Waals surface area contributed by atoms with Gasteiger partial charge in [0.15, 0.2) is 0 Å². The molecule has 1 N–H and O–H groups in total. The summed E-state index contributed by atoms with van der Waals surface area (Å²) in [6, 6.07) is 0. The number of aliphatic hydroxyl groups is 1. The zero-order valence-corrected chi connectivity index (χ0v) is 14.8. The van der Waals surface area contributed by atoms with Crippen molar-refractivity contribution in [1.82, 2.24) is 0 Å². The van der Waals surface area contributed by atoms with E-state index in [0.29, 0.717) is 16.2 Å². The van der Waals surface area contributed by atoms with Gasteiger partial charge in [0, 0.05) is 0 Å². The molecule has 20 heavy (non-hydrogen) atoms. The van der Waals surface area contributed by atoms with Crippen molar-refractivity contribution >= 4 is 0 Å². The molecule has 6 atom stereocenters. The van der Waals surface area contributed by atoms with Crippen molar-refractivity contribution < 1.29 is 5.11 Å². The van der Waals surface area contributed by atoms with Gasteiger partial charge >= 0.3 is 0 Å². The van der Waals surface area contributed by atoms with Crippen LogP contribution >= 0.6 is 0 Å². The molecule has 3 saturated carbocycles. The maximum atomic E-state index is 10.3. The topological polar surface area (TPSA) is 20.2 Å². The Morgan fingerprint density at radius 3 is 2.00 bits per heavy atom. The van der Waals surface area contributed by atoms with E-state index in [9.17, 15) is 5.11 Å². The van der Waals surface area contributed by atoms with E-state index in [0.717, 1.165) is 11.8 Å². The number of fused-ring (bicyclic) bond motifs is 1. The molecule has 116 valence electrons. The second-order valence-corrected chi connectivity index (χ2v) is 10.2. The Kier molecular flexibility index (Phi) is 2.58. The van der Waals surface area contributed by atoms with Gasteiger partial charge in [-0.15, -0.1) is 0 Å². The van der Waals surface area contributed by atoms with E-state index >= 15 is 0 Å². The van der Waals surface area contributed by atoms with Gasteiger partial charge in [0.05, 0.1) is 6.10 Å². The number of aliphatic hydroxyl groups excluding tert-OH is 1. The minimum absolute atomic E-state index is 0.00547. The Balaban J connectivity index is 1.91. The summed E-state index contributed by atoms with van der Waals surface area (Å²) >= 11 is 0. The van der Waals surface area contributed by atoms with E-state index in [1.807, 2.05) is 6.92 Å². The molecule has 0 bridgehead atoms. The van der Waals surface area contributed by atoms with Crippen LogP contribution in [0, 0.1) is 38.9 Å². The van der Waals surface area contributed by atoms with Crippen LogP contribution in [0.2, 0.25) is 0 Å². The van der Waals surface area contributed by atoms with E-state index in [-0.39, 0.29) is 16.9 Å². The van der Waals surface area contributed by atoms with Crippen LogP contribution in [0.1, 0.15) is 74.7 Å². The standard InChI is InChI=1S/C19H34O/c1-12(20)15(2,3)19(8)11-18(19,7)14-9-13-10-17(13,6)16(14,4)5/h12-14,20H,9-11H2,1-8H3. The lowest BCUT2D eigenvalue weighted by Crippen LogP contribution is -2.42. The predicted octanol–water partition coefficient (Wildman–Crippen LogP) is 4.88. The maximum Gasteiger partial charge on any atom is 0.0568 e. The summed E-state index contributed by atoms with van der Waals surface area (Å²) < 4.78 is 0. The van der Waals surface area contributed by atoms with Crippen molar-refractivity contribution in [3.8, 4) is 0 Å². The van der Waals surface area contributed by atoms with Crippen molar-refractivity contribution in [3.05, 3.63) is 0 Å². The molecule has 0 saturated heterocycles. The highest BCUT2D eigenvalue weighted by molar-refractivity contribution is 5.27. The fourth-order valence-electron chi connectivity index (χ4n) is 6.24. The smallest absolute Gasteiger partial charge is 0.0568 e. The van der Waals surface area contributed by atoms with Crippen molar-refractivity contribution in [2.75, 3.05) is 0 Å². The minimum atomic E-state index is -0.232. The summed E-state index contributed by atoms with van der Waals surface area (Å²) in [6.07, 6.45) is 3.92. The molecule has 6 unspecified atom stereocenters. The highest BCUT2D eigenvalue weighted by Crippen LogP contribution is 2.85. The van der Waals surface area contributed by atoms with Crippen LogP contribution in [0.3, 0.4) is 0 Å². The molecule has 1 nitrogen and oxygen atoms in total. The zero-order chi connectivity index (χ0) is 15.4. The van der Waals surface area contributed by atoms with E-state index in [4.69, 9.17) is 0 Å². The lowest BCUT2D eigenvalue weighted by atomic mass is 9.60. The number of hydrogen-bond donors (Lipinski definition) is 1. The summed E-state index contributed by atoms with van der Waals surface area (Å²) in [5, 5.41) is 10.3. The molecule has 0 radical (unpaired) electrons. The van der Waals surface area contributed by atoms with Gasteiger partial charge < -0.3 is 5.11 Å². The van der Waals surface area contributed by atoms with Crippen molar-refractivity contribution in [3.63, 3.8) is 0 Å². The first-order valence-corrected chi connectivity index (χ1v) is 8.53. The molecule has 3 aliphatic rings. The maximum absolute atomic E-state index is 10.3. The molecular weight excluding hydrogens is 244 g/mol. The van der Waals surface area contributed by atoms with Gasteiger partial charge in [-0.1, -0.05) is 48.5 Å². The highest BCUT2D eigenvalue weighted by Gasteiger charge is 2.78. The minimum Gasteiger partial charge on any atom is -0.393 e. The van der Waals surface area contributed by atoms with Crippen molar-refractivity contribution in [2.24, 2.45) is 38.9 Å². The Morgan fingerprint density at radius 1 is 1.05 bits per heavy atom. The fraction of sp³-hybridized carbons (Fsp3) is 1.00. The lowest BCUT2D eigenvalue weighted by molar-refractivity contribution is -0.0266. The normalized spacial score (nSPS) is 54.5. The Bertz CT molecular complexity index is 449. The predicted molar refractivity (Wildman–Crippen MR) is 84.4 cm³/mol. The SMILES string of the molecule is CC(O)C(C)(C)C1(C)CC1(C)C1CC2CC2(C)C1(C)C. The first kappa shape index (κ1) is 14.9. The van der Waals surface area contributed by atoms with Gasteiger partial charge in [-0.05, 0) is 65.1 Å². The Morgan fingerprint density at radius 2 is 1.60 bits per heavy atom. The monoisotopic (exact) mass is 278 g/mol. The van der Waals surface area contributed by atoms with Crippen LogP contribution in [0.4, 0.5) is 0 Å². The van der Waals surface area contributed by atoms with Crippen LogP contribution in [0.5, 0.6) is 0 Å². The van der Waals surface area contributed by atoms with Gasteiger partial charge in [0.1, 0.15) is 0 Å². The lowest BCUT2D eigenvalue weighted by Gasteiger charge is -2.45. The number of hydrogen-bond acceptors (Lipinski definition) is 1. The second-order valence-electron chi connectivity index (χ2n) is 10.2. The average molecular weight is 278 g/mol. The van der Waals surface area contributed by atoms with Gasteiger partial charge in [-0.25, -0.2) is 0 Å². The quantitative estimate of drug-likeness (QED) is 0.780. The fourth-order valence-corrected chi connectivity index (χ4v) is 6.24. The van der Waals surface area contributed by atoms with E-state index in [2.05, 4.69) is 48.5 Å². The molecule has 0 spiro atoms. The Labute approximate surface area is 125 Å². The van der Waals surface area contributed by atoms with Crippen molar-refractivity contribution in [2.45, 2.75) is 80.8 Å². The van der Waals surface area contributed by atoms with Crippen molar-refractivity contribution in [1.29, 1.82) is 0 Å². The third kappa shape index (κ3) is 1.35. The summed E-state index contributed by atoms with van der Waals surface area (Å²) in [6.45, 7) is 19.0. The molecule has 0 heterocycles. The summed E-state index contributed by atoms with van der Waals surface area (Å²) in [5.74, 6) is 1.79. The molecule has 1 heteroatoms.